The summed E-state index contributed by atoms with van der Waals surface area (Å²) in [6.45, 7) is 8.10. The van der Waals surface area contributed by atoms with E-state index in [0.717, 1.165) is 11.1 Å². The molecule has 0 radical (unpaired) electrons. The molecule has 1 aliphatic heterocycles. The van der Waals surface area contributed by atoms with Crippen molar-refractivity contribution in [1.29, 1.82) is 0 Å². The van der Waals surface area contributed by atoms with Gasteiger partial charge >= 0.3 is 5.97 Å². The third kappa shape index (κ3) is 2.70. The lowest BCUT2D eigenvalue weighted by Crippen LogP contribution is -2.39. The van der Waals surface area contributed by atoms with E-state index < -0.39 is 5.54 Å². The minimum absolute atomic E-state index is 0.266. The molecule has 0 aromatic heterocycles. The molecule has 4 nitrogen and oxygen atoms in total. The Hall–Kier alpha value is -1.75. The van der Waals surface area contributed by atoms with Gasteiger partial charge in [0.2, 0.25) is 0 Å². The summed E-state index contributed by atoms with van der Waals surface area (Å²) in [4.78, 5) is 17.4. The Morgan fingerprint density at radius 3 is 2.62 bits per heavy atom. The average Bonchev–Trinajstić information content (AvgIpc) is 2.75. The van der Waals surface area contributed by atoms with Crippen molar-refractivity contribution < 1.29 is 9.53 Å². The quantitative estimate of drug-likeness (QED) is 0.689. The monoisotopic (exact) mass is 304 g/mol. The van der Waals surface area contributed by atoms with Crippen LogP contribution in [0.2, 0.25) is 0 Å². The standard InChI is InChI=1S/C16H20N2O2S/c1-9(2)16(4)15(21)17-13(18-16)11-7-6-10(3)8-12(11)14(19)20-5/h6-9H,1-5H3,(H,17,18,21). The number of carbonyl (C=O) groups is 1. The Kier molecular flexibility index (Phi) is 4.14. The van der Waals surface area contributed by atoms with E-state index in [1.165, 1.54) is 7.11 Å². The van der Waals surface area contributed by atoms with Crippen LogP contribution in [0.15, 0.2) is 23.2 Å². The van der Waals surface area contributed by atoms with Crippen molar-refractivity contribution in [2.75, 3.05) is 7.11 Å². The minimum Gasteiger partial charge on any atom is -0.465 e. The van der Waals surface area contributed by atoms with Gasteiger partial charge in [0.25, 0.3) is 0 Å². The van der Waals surface area contributed by atoms with Crippen LogP contribution in [0.4, 0.5) is 0 Å². The Morgan fingerprint density at radius 2 is 2.10 bits per heavy atom. The fraction of sp³-hybridized carbons (Fsp3) is 0.438. The predicted octanol–water partition coefficient (Wildman–Crippen LogP) is 2.87. The van der Waals surface area contributed by atoms with E-state index in [1.807, 2.05) is 26.0 Å². The van der Waals surface area contributed by atoms with Gasteiger partial charge in [0, 0.05) is 5.56 Å². The second kappa shape index (κ2) is 5.56. The number of amidine groups is 1. The van der Waals surface area contributed by atoms with Crippen molar-refractivity contribution in [1.82, 2.24) is 5.32 Å². The van der Waals surface area contributed by atoms with E-state index in [0.29, 0.717) is 16.4 Å². The fourth-order valence-electron chi connectivity index (χ4n) is 2.21. The van der Waals surface area contributed by atoms with Crippen molar-refractivity contribution in [2.24, 2.45) is 10.9 Å². The number of nitrogens with zero attached hydrogens (tertiary/aromatic N) is 1. The summed E-state index contributed by atoms with van der Waals surface area (Å²) in [5.74, 6) is 0.529. The van der Waals surface area contributed by atoms with Gasteiger partial charge in [0.15, 0.2) is 0 Å². The molecule has 1 aromatic carbocycles. The first kappa shape index (κ1) is 15.6. The Bertz CT molecular complexity index is 637. The first-order valence-corrected chi connectivity index (χ1v) is 7.31. The number of hydrogen-bond donors (Lipinski definition) is 1. The largest absolute Gasteiger partial charge is 0.465 e. The zero-order valence-electron chi connectivity index (χ0n) is 13.0. The van der Waals surface area contributed by atoms with Crippen LogP contribution in [0, 0.1) is 12.8 Å². The summed E-state index contributed by atoms with van der Waals surface area (Å²) in [6, 6.07) is 5.63. The number of aliphatic imine (C=N–C) groups is 1. The van der Waals surface area contributed by atoms with Crippen molar-refractivity contribution in [2.45, 2.75) is 33.2 Å². The average molecular weight is 304 g/mol. The summed E-state index contributed by atoms with van der Waals surface area (Å²) in [5.41, 5.74) is 1.77. The maximum Gasteiger partial charge on any atom is 0.338 e. The molecule has 0 amide bonds. The van der Waals surface area contributed by atoms with Gasteiger partial charge in [-0.3, -0.25) is 4.99 Å². The highest BCUT2D eigenvalue weighted by Gasteiger charge is 2.39. The second-order valence-corrected chi connectivity index (χ2v) is 6.17. The molecule has 1 heterocycles. The van der Waals surface area contributed by atoms with Crippen molar-refractivity contribution >= 4 is 29.0 Å². The van der Waals surface area contributed by atoms with E-state index in [2.05, 4.69) is 19.2 Å². The molecule has 1 atom stereocenters. The molecule has 0 spiro atoms. The van der Waals surface area contributed by atoms with Gasteiger partial charge in [-0.05, 0) is 25.8 Å². The number of rotatable bonds is 3. The smallest absolute Gasteiger partial charge is 0.338 e. The number of thiocarbonyl (C=S) groups is 1. The molecule has 5 heteroatoms. The molecule has 0 bridgehead atoms. The second-order valence-electron chi connectivity index (χ2n) is 5.76. The summed E-state index contributed by atoms with van der Waals surface area (Å²) in [7, 11) is 1.38. The zero-order valence-corrected chi connectivity index (χ0v) is 13.8. The van der Waals surface area contributed by atoms with Gasteiger partial charge in [-0.25, -0.2) is 4.79 Å². The van der Waals surface area contributed by atoms with Gasteiger partial charge in [-0.1, -0.05) is 43.8 Å². The first-order chi connectivity index (χ1) is 9.79. The van der Waals surface area contributed by atoms with E-state index in [1.54, 1.807) is 6.07 Å². The summed E-state index contributed by atoms with van der Waals surface area (Å²) < 4.78 is 4.86. The van der Waals surface area contributed by atoms with Crippen LogP contribution in [0.25, 0.3) is 0 Å². The third-order valence-corrected chi connectivity index (χ3v) is 4.51. The molecule has 1 unspecified atom stereocenters. The lowest BCUT2D eigenvalue weighted by Gasteiger charge is -2.24. The molecular weight excluding hydrogens is 284 g/mol. The van der Waals surface area contributed by atoms with Crippen LogP contribution < -0.4 is 5.32 Å². The Morgan fingerprint density at radius 1 is 1.43 bits per heavy atom. The summed E-state index contributed by atoms with van der Waals surface area (Å²) in [6.07, 6.45) is 0. The molecule has 112 valence electrons. The lowest BCUT2D eigenvalue weighted by molar-refractivity contribution is 0.0600. The zero-order chi connectivity index (χ0) is 15.8. The van der Waals surface area contributed by atoms with Gasteiger partial charge in [-0.2, -0.15) is 0 Å². The molecule has 1 N–H and O–H groups in total. The van der Waals surface area contributed by atoms with Crippen LogP contribution in [0.3, 0.4) is 0 Å². The summed E-state index contributed by atoms with van der Waals surface area (Å²) in [5, 5.41) is 3.15. The van der Waals surface area contributed by atoms with Crippen molar-refractivity contribution in [3.05, 3.63) is 34.9 Å². The van der Waals surface area contributed by atoms with Gasteiger partial charge in [-0.15, -0.1) is 0 Å². The highest BCUT2D eigenvalue weighted by molar-refractivity contribution is 7.80. The normalized spacial score (nSPS) is 21.2. The Balaban J connectivity index is 2.54. The van der Waals surface area contributed by atoms with E-state index in [-0.39, 0.29) is 11.9 Å². The maximum atomic E-state index is 12.0. The molecule has 0 aliphatic carbocycles. The molecule has 0 saturated heterocycles. The lowest BCUT2D eigenvalue weighted by atomic mass is 9.90. The SMILES string of the molecule is COC(=O)c1cc(C)ccc1C1=NC(C)(C(C)C)C(=S)N1. The molecule has 0 saturated carbocycles. The number of nitrogens with one attached hydrogen (secondary N) is 1. The molecule has 21 heavy (non-hydrogen) atoms. The van der Waals surface area contributed by atoms with Crippen LogP contribution >= 0.6 is 12.2 Å². The Labute approximate surface area is 130 Å². The molecule has 1 aromatic rings. The number of carbonyl (C=O) groups excluding carboxylic acids is 1. The van der Waals surface area contributed by atoms with E-state index >= 15 is 0 Å². The van der Waals surface area contributed by atoms with Gasteiger partial charge in [0.1, 0.15) is 16.4 Å². The van der Waals surface area contributed by atoms with Gasteiger partial charge in [0.05, 0.1) is 12.7 Å². The van der Waals surface area contributed by atoms with Crippen molar-refractivity contribution in [3.63, 3.8) is 0 Å². The number of methoxy groups -OCH3 is 1. The van der Waals surface area contributed by atoms with Crippen LogP contribution in [0.1, 0.15) is 42.3 Å². The molecular formula is C16H20N2O2S. The number of aryl methyl sites for hydroxylation is 1. The number of benzene rings is 1. The fourth-order valence-corrected chi connectivity index (χ4v) is 2.59. The van der Waals surface area contributed by atoms with Crippen LogP contribution in [0.5, 0.6) is 0 Å². The summed E-state index contributed by atoms with van der Waals surface area (Å²) >= 11 is 5.43. The molecule has 2 rings (SSSR count). The number of ether oxygens (including phenoxy) is 1. The number of hydrogen-bond acceptors (Lipinski definition) is 4. The highest BCUT2D eigenvalue weighted by atomic mass is 32.1. The van der Waals surface area contributed by atoms with Crippen molar-refractivity contribution in [3.8, 4) is 0 Å². The van der Waals surface area contributed by atoms with Crippen LogP contribution in [-0.2, 0) is 4.74 Å². The highest BCUT2D eigenvalue weighted by Crippen LogP contribution is 2.28. The maximum absolute atomic E-state index is 12.0. The molecule has 1 aliphatic rings. The molecule has 0 fully saturated rings. The van der Waals surface area contributed by atoms with Crippen LogP contribution in [-0.4, -0.2) is 29.4 Å². The van der Waals surface area contributed by atoms with Gasteiger partial charge < -0.3 is 10.1 Å². The van der Waals surface area contributed by atoms with E-state index in [4.69, 9.17) is 21.9 Å². The predicted molar refractivity (Wildman–Crippen MR) is 88.0 cm³/mol. The topological polar surface area (TPSA) is 50.7 Å². The third-order valence-electron chi connectivity index (χ3n) is 4.00. The van der Waals surface area contributed by atoms with E-state index in [9.17, 15) is 4.79 Å². The minimum atomic E-state index is -0.442. The number of esters is 1. The first-order valence-electron chi connectivity index (χ1n) is 6.90.